The molecule has 0 atom stereocenters. The zero-order valence-electron chi connectivity index (χ0n) is 12.1. The molecule has 0 fully saturated rings. The molecule has 1 rings (SSSR count). The van der Waals surface area contributed by atoms with Gasteiger partial charge in [0.1, 0.15) is 17.8 Å². The quantitative estimate of drug-likeness (QED) is 0.332. The Bertz CT molecular complexity index is 503. The van der Waals surface area contributed by atoms with Gasteiger partial charge in [0.2, 0.25) is 0 Å². The van der Waals surface area contributed by atoms with E-state index in [1.54, 1.807) is 19.2 Å². The Morgan fingerprint density at radius 2 is 2.05 bits per heavy atom. The molecular formula is C16H20O4. The van der Waals surface area contributed by atoms with E-state index in [-0.39, 0.29) is 5.97 Å². The average molecular weight is 276 g/mol. The number of carbonyl (C=O) groups is 2. The van der Waals surface area contributed by atoms with Crippen LogP contribution in [0.15, 0.2) is 29.8 Å². The highest BCUT2D eigenvalue weighted by atomic mass is 16.5. The van der Waals surface area contributed by atoms with Gasteiger partial charge in [0.15, 0.2) is 0 Å². The molecule has 0 saturated heterocycles. The fourth-order valence-corrected chi connectivity index (χ4v) is 1.77. The fourth-order valence-electron chi connectivity index (χ4n) is 1.77. The number of aldehydes is 1. The van der Waals surface area contributed by atoms with Crippen molar-refractivity contribution >= 4 is 12.3 Å². The lowest BCUT2D eigenvalue weighted by Crippen LogP contribution is -2.04. The van der Waals surface area contributed by atoms with Crippen LogP contribution < -0.4 is 9.47 Å². The molecule has 0 aliphatic heterocycles. The highest BCUT2D eigenvalue weighted by molar-refractivity contribution is 5.70. The minimum absolute atomic E-state index is 0.349. The van der Waals surface area contributed by atoms with Crippen LogP contribution in [0.25, 0.3) is 0 Å². The fraction of sp³-hybridized carbons (Fsp3) is 0.375. The minimum atomic E-state index is -0.349. The highest BCUT2D eigenvalue weighted by Crippen LogP contribution is 2.25. The van der Waals surface area contributed by atoms with Crippen LogP contribution in [0.4, 0.5) is 0 Å². The van der Waals surface area contributed by atoms with Crippen molar-refractivity contribution in [2.75, 3.05) is 7.11 Å². The van der Waals surface area contributed by atoms with Crippen LogP contribution >= 0.6 is 0 Å². The van der Waals surface area contributed by atoms with Crippen molar-refractivity contribution in [2.24, 2.45) is 0 Å². The van der Waals surface area contributed by atoms with E-state index in [1.165, 1.54) is 6.92 Å². The molecule has 4 heteroatoms. The molecule has 108 valence electrons. The first-order valence-corrected chi connectivity index (χ1v) is 6.51. The van der Waals surface area contributed by atoms with Crippen molar-refractivity contribution in [3.8, 4) is 11.5 Å². The molecule has 0 bridgehead atoms. The summed E-state index contributed by atoms with van der Waals surface area (Å²) >= 11 is 0. The second-order valence-electron chi connectivity index (χ2n) is 4.53. The maximum Gasteiger partial charge on any atom is 0.308 e. The third-order valence-corrected chi connectivity index (χ3v) is 2.85. The monoisotopic (exact) mass is 276 g/mol. The van der Waals surface area contributed by atoms with Gasteiger partial charge in [-0.25, -0.2) is 0 Å². The molecular weight excluding hydrogens is 256 g/mol. The van der Waals surface area contributed by atoms with E-state index in [9.17, 15) is 9.59 Å². The molecule has 4 nitrogen and oxygen atoms in total. The molecule has 0 heterocycles. The predicted octanol–water partition coefficient (Wildman–Crippen LogP) is 3.09. The van der Waals surface area contributed by atoms with Crippen LogP contribution in [0.1, 0.15) is 32.3 Å². The van der Waals surface area contributed by atoms with E-state index >= 15 is 0 Å². The SMILES string of the molecule is COc1ccc(OC(C)=O)c(C/C=C(\C)CCC=O)c1. The number of ether oxygens (including phenoxy) is 2. The molecule has 1 aromatic carbocycles. The standard InChI is InChI=1S/C16H20O4/c1-12(5-4-10-17)6-7-14-11-15(19-3)8-9-16(14)20-13(2)18/h6,8-11H,4-5,7H2,1-3H3/b12-6+. The van der Waals surface area contributed by atoms with Crippen molar-refractivity contribution in [3.63, 3.8) is 0 Å². The van der Waals surface area contributed by atoms with E-state index in [0.717, 1.165) is 29.6 Å². The lowest BCUT2D eigenvalue weighted by molar-refractivity contribution is -0.131. The second-order valence-corrected chi connectivity index (χ2v) is 4.53. The van der Waals surface area contributed by atoms with Gasteiger partial charge in [-0.3, -0.25) is 4.79 Å². The third kappa shape index (κ3) is 5.26. The predicted molar refractivity (Wildman–Crippen MR) is 77.1 cm³/mol. The Hall–Kier alpha value is -2.10. The van der Waals surface area contributed by atoms with Gasteiger partial charge in [0.25, 0.3) is 0 Å². The van der Waals surface area contributed by atoms with Crippen molar-refractivity contribution in [1.82, 2.24) is 0 Å². The molecule has 0 radical (unpaired) electrons. The maximum atomic E-state index is 11.1. The first-order chi connectivity index (χ1) is 9.56. The Kier molecular flexibility index (Phi) is 6.50. The molecule has 0 amide bonds. The summed E-state index contributed by atoms with van der Waals surface area (Å²) in [5.74, 6) is 0.908. The lowest BCUT2D eigenvalue weighted by atomic mass is 10.1. The Balaban J connectivity index is 2.89. The van der Waals surface area contributed by atoms with E-state index in [4.69, 9.17) is 9.47 Å². The number of methoxy groups -OCH3 is 1. The largest absolute Gasteiger partial charge is 0.497 e. The van der Waals surface area contributed by atoms with Crippen LogP contribution in [-0.4, -0.2) is 19.4 Å². The zero-order valence-corrected chi connectivity index (χ0v) is 12.1. The summed E-state index contributed by atoms with van der Waals surface area (Å²) in [6.45, 7) is 3.36. The maximum absolute atomic E-state index is 11.1. The Labute approximate surface area is 119 Å². The Morgan fingerprint density at radius 3 is 2.65 bits per heavy atom. The average Bonchev–Trinajstić information content (AvgIpc) is 2.43. The zero-order chi connectivity index (χ0) is 15.0. The lowest BCUT2D eigenvalue weighted by Gasteiger charge is -2.10. The number of carbonyl (C=O) groups excluding carboxylic acids is 2. The van der Waals surface area contributed by atoms with Gasteiger partial charge in [0, 0.05) is 18.9 Å². The summed E-state index contributed by atoms with van der Waals surface area (Å²) in [5.41, 5.74) is 2.01. The van der Waals surface area contributed by atoms with Crippen LogP contribution in [0.3, 0.4) is 0 Å². The van der Waals surface area contributed by atoms with Gasteiger partial charge in [-0.05, 0) is 38.0 Å². The van der Waals surface area contributed by atoms with Crippen LogP contribution in [0.2, 0.25) is 0 Å². The summed E-state index contributed by atoms with van der Waals surface area (Å²) in [4.78, 5) is 21.4. The van der Waals surface area contributed by atoms with E-state index < -0.39 is 0 Å². The van der Waals surface area contributed by atoms with Crippen molar-refractivity contribution < 1.29 is 19.1 Å². The third-order valence-electron chi connectivity index (χ3n) is 2.85. The van der Waals surface area contributed by atoms with Gasteiger partial charge >= 0.3 is 5.97 Å². The number of allylic oxidation sites excluding steroid dienone is 2. The molecule has 0 aliphatic carbocycles. The summed E-state index contributed by atoms with van der Waals surface area (Å²) in [6, 6.07) is 5.33. The second kappa shape index (κ2) is 8.15. The number of hydrogen-bond donors (Lipinski definition) is 0. The van der Waals surface area contributed by atoms with Crippen molar-refractivity contribution in [2.45, 2.75) is 33.1 Å². The molecule has 0 spiro atoms. The van der Waals surface area contributed by atoms with E-state index in [1.807, 2.05) is 19.1 Å². The molecule has 0 unspecified atom stereocenters. The van der Waals surface area contributed by atoms with Gasteiger partial charge in [-0.2, -0.15) is 0 Å². The highest BCUT2D eigenvalue weighted by Gasteiger charge is 2.07. The first-order valence-electron chi connectivity index (χ1n) is 6.51. The normalized spacial score (nSPS) is 11.1. The van der Waals surface area contributed by atoms with Gasteiger partial charge in [-0.15, -0.1) is 0 Å². The van der Waals surface area contributed by atoms with E-state index in [2.05, 4.69) is 0 Å². The summed E-state index contributed by atoms with van der Waals surface area (Å²) in [7, 11) is 1.59. The van der Waals surface area contributed by atoms with Crippen LogP contribution in [0.5, 0.6) is 11.5 Å². The van der Waals surface area contributed by atoms with Gasteiger partial charge in [-0.1, -0.05) is 11.6 Å². The molecule has 1 aromatic rings. The smallest absolute Gasteiger partial charge is 0.308 e. The van der Waals surface area contributed by atoms with Crippen molar-refractivity contribution in [3.05, 3.63) is 35.4 Å². The molecule has 0 saturated carbocycles. The number of hydrogen-bond acceptors (Lipinski definition) is 4. The van der Waals surface area contributed by atoms with Crippen molar-refractivity contribution in [1.29, 1.82) is 0 Å². The topological polar surface area (TPSA) is 52.6 Å². The molecule has 0 N–H and O–H groups in total. The number of esters is 1. The Morgan fingerprint density at radius 1 is 1.30 bits per heavy atom. The minimum Gasteiger partial charge on any atom is -0.497 e. The van der Waals surface area contributed by atoms with E-state index in [0.29, 0.717) is 18.6 Å². The molecule has 0 aliphatic rings. The van der Waals surface area contributed by atoms with Crippen LogP contribution in [-0.2, 0) is 16.0 Å². The molecule has 0 aromatic heterocycles. The molecule has 20 heavy (non-hydrogen) atoms. The first kappa shape index (κ1) is 16.0. The number of benzene rings is 1. The summed E-state index contributed by atoms with van der Waals surface area (Å²) in [5, 5.41) is 0. The summed E-state index contributed by atoms with van der Waals surface area (Å²) < 4.78 is 10.4. The number of rotatable bonds is 7. The van der Waals surface area contributed by atoms with Gasteiger partial charge in [0.05, 0.1) is 7.11 Å². The van der Waals surface area contributed by atoms with Crippen LogP contribution in [0, 0.1) is 0 Å². The summed E-state index contributed by atoms with van der Waals surface area (Å²) in [6.07, 6.45) is 4.84. The van der Waals surface area contributed by atoms with Gasteiger partial charge < -0.3 is 14.3 Å².